The van der Waals surface area contributed by atoms with Crippen LogP contribution >= 0.6 is 11.6 Å². The lowest BCUT2D eigenvalue weighted by atomic mass is 10.1. The van der Waals surface area contributed by atoms with Gasteiger partial charge in [-0.05, 0) is 12.8 Å². The highest BCUT2D eigenvalue weighted by Gasteiger charge is 1.98. The summed E-state index contributed by atoms with van der Waals surface area (Å²) in [4.78, 5) is 0. The Morgan fingerprint density at radius 3 is 2.80 bits per heavy atom. The zero-order valence-corrected chi connectivity index (χ0v) is 7.14. The second-order valence-corrected chi connectivity index (χ2v) is 2.65. The van der Waals surface area contributed by atoms with Crippen LogP contribution in [-0.4, -0.2) is 11.2 Å². The van der Waals surface area contributed by atoms with Gasteiger partial charge in [-0.15, -0.1) is 0 Å². The molecule has 1 atom stereocenters. The molecule has 0 heterocycles. The van der Waals surface area contributed by atoms with Gasteiger partial charge in [0, 0.05) is 5.54 Å². The number of aliphatic hydroxyl groups excluding tert-OH is 1. The summed E-state index contributed by atoms with van der Waals surface area (Å²) >= 11 is 5.29. The molecule has 0 radical (unpaired) electrons. The summed E-state index contributed by atoms with van der Waals surface area (Å²) in [6.45, 7) is 2.12. The molecule has 60 valence electrons. The van der Waals surface area contributed by atoms with E-state index < -0.39 is 0 Å². The fourth-order valence-electron chi connectivity index (χ4n) is 0.766. The van der Waals surface area contributed by atoms with Crippen LogP contribution in [0.3, 0.4) is 0 Å². The second-order valence-electron chi connectivity index (χ2n) is 2.39. The molecule has 1 unspecified atom stereocenters. The zero-order valence-electron chi connectivity index (χ0n) is 6.39. The normalized spacial score (nSPS) is 14.3. The Hall–Kier alpha value is -0.0100. The van der Waals surface area contributed by atoms with Gasteiger partial charge in [-0.3, -0.25) is 0 Å². The van der Waals surface area contributed by atoms with Gasteiger partial charge in [0.05, 0.1) is 6.10 Å². The third-order valence-electron chi connectivity index (χ3n) is 1.39. The predicted molar refractivity (Wildman–Crippen MR) is 45.1 cm³/mol. The van der Waals surface area contributed by atoms with Crippen molar-refractivity contribution in [1.29, 1.82) is 0 Å². The van der Waals surface area contributed by atoms with Gasteiger partial charge < -0.3 is 5.11 Å². The fraction of sp³-hybridized carbons (Fsp3) is 0.750. The average Bonchev–Trinajstić information content (AvgIpc) is 1.97. The quantitative estimate of drug-likeness (QED) is 0.659. The van der Waals surface area contributed by atoms with Crippen LogP contribution in [0.2, 0.25) is 0 Å². The Labute approximate surface area is 67.7 Å². The van der Waals surface area contributed by atoms with Gasteiger partial charge in [0.25, 0.3) is 0 Å². The highest BCUT2D eigenvalue weighted by atomic mass is 35.5. The minimum atomic E-state index is -0.199. The van der Waals surface area contributed by atoms with Crippen molar-refractivity contribution in [3.05, 3.63) is 11.6 Å². The molecule has 0 aliphatic heterocycles. The van der Waals surface area contributed by atoms with E-state index in [-0.39, 0.29) is 6.10 Å². The lowest BCUT2D eigenvalue weighted by Gasteiger charge is -2.04. The second kappa shape index (κ2) is 7.10. The van der Waals surface area contributed by atoms with Gasteiger partial charge in [-0.1, -0.05) is 37.4 Å². The van der Waals surface area contributed by atoms with E-state index in [4.69, 9.17) is 11.6 Å². The Morgan fingerprint density at radius 1 is 1.60 bits per heavy atom. The van der Waals surface area contributed by atoms with Gasteiger partial charge in [-0.2, -0.15) is 0 Å². The maximum absolute atomic E-state index is 9.20. The van der Waals surface area contributed by atoms with Crippen LogP contribution in [0.1, 0.15) is 32.6 Å². The summed E-state index contributed by atoms with van der Waals surface area (Å²) in [5.41, 5.74) is 1.45. The summed E-state index contributed by atoms with van der Waals surface area (Å²) in [7, 11) is 0. The van der Waals surface area contributed by atoms with E-state index in [1.54, 1.807) is 6.08 Å². The number of aliphatic hydroxyl groups is 1. The largest absolute Gasteiger partial charge is 0.393 e. The fourth-order valence-corrected chi connectivity index (χ4v) is 0.869. The van der Waals surface area contributed by atoms with Crippen molar-refractivity contribution >= 4 is 11.6 Å². The Morgan fingerprint density at radius 2 is 2.30 bits per heavy atom. The zero-order chi connectivity index (χ0) is 7.82. The van der Waals surface area contributed by atoms with E-state index in [1.807, 2.05) is 0 Å². The van der Waals surface area contributed by atoms with E-state index in [0.29, 0.717) is 6.42 Å². The van der Waals surface area contributed by atoms with Crippen LogP contribution in [-0.2, 0) is 0 Å². The summed E-state index contributed by atoms with van der Waals surface area (Å²) in [6, 6.07) is 0. The molecular formula is C8H15ClO. The number of hydrogen-bond donors (Lipinski definition) is 1. The highest BCUT2D eigenvalue weighted by molar-refractivity contribution is 6.25. The molecule has 0 saturated carbocycles. The molecule has 0 spiro atoms. The smallest absolute Gasteiger partial charge is 0.0575 e. The van der Waals surface area contributed by atoms with Crippen molar-refractivity contribution in [2.45, 2.75) is 38.7 Å². The number of hydrogen-bond acceptors (Lipinski definition) is 1. The molecule has 0 aromatic heterocycles. The average molecular weight is 163 g/mol. The lowest BCUT2D eigenvalue weighted by molar-refractivity contribution is 0.164. The summed E-state index contributed by atoms with van der Waals surface area (Å²) in [6.07, 6.45) is 5.39. The molecule has 10 heavy (non-hydrogen) atoms. The van der Waals surface area contributed by atoms with E-state index >= 15 is 0 Å². The van der Waals surface area contributed by atoms with Crippen molar-refractivity contribution in [3.8, 4) is 0 Å². The molecule has 1 nitrogen and oxygen atoms in total. The molecule has 1 N–H and O–H groups in total. The maximum Gasteiger partial charge on any atom is 0.0575 e. The van der Waals surface area contributed by atoms with Crippen LogP contribution in [0, 0.1) is 0 Å². The summed E-state index contributed by atoms with van der Waals surface area (Å²) < 4.78 is 0. The molecule has 0 rings (SSSR count). The minimum Gasteiger partial charge on any atom is -0.393 e. The molecule has 0 aliphatic rings. The first-order chi connectivity index (χ1) is 4.81. The molecule has 0 aliphatic carbocycles. The van der Waals surface area contributed by atoms with E-state index in [0.717, 1.165) is 19.3 Å². The summed E-state index contributed by atoms with van der Waals surface area (Å²) in [5.74, 6) is 0. The van der Waals surface area contributed by atoms with Gasteiger partial charge in [-0.25, -0.2) is 0 Å². The molecule has 0 aromatic rings. The molecular weight excluding hydrogens is 148 g/mol. The Bertz CT molecular complexity index is 91.3. The first-order valence-corrected chi connectivity index (χ1v) is 4.18. The van der Waals surface area contributed by atoms with Gasteiger partial charge in [0.15, 0.2) is 0 Å². The van der Waals surface area contributed by atoms with Crippen LogP contribution in [0.25, 0.3) is 0 Å². The first-order valence-electron chi connectivity index (χ1n) is 3.74. The van der Waals surface area contributed by atoms with Crippen molar-refractivity contribution in [2.75, 3.05) is 0 Å². The third-order valence-corrected chi connectivity index (χ3v) is 1.57. The number of rotatable bonds is 5. The monoisotopic (exact) mass is 162 g/mol. The molecule has 0 aromatic carbocycles. The molecule has 2 heteroatoms. The van der Waals surface area contributed by atoms with E-state index in [1.165, 1.54) is 5.54 Å². The molecule has 0 amide bonds. The topological polar surface area (TPSA) is 20.2 Å². The van der Waals surface area contributed by atoms with Crippen molar-refractivity contribution in [2.24, 2.45) is 0 Å². The Kier molecular flexibility index (Phi) is 7.09. The minimum absolute atomic E-state index is 0.199. The Balaban J connectivity index is 3.16. The number of halogens is 1. The highest BCUT2D eigenvalue weighted by Crippen LogP contribution is 2.04. The van der Waals surface area contributed by atoms with E-state index in [2.05, 4.69) is 6.92 Å². The molecule has 0 bridgehead atoms. The van der Waals surface area contributed by atoms with Gasteiger partial charge in [0.1, 0.15) is 0 Å². The van der Waals surface area contributed by atoms with Gasteiger partial charge >= 0.3 is 0 Å². The first kappa shape index (κ1) is 9.99. The van der Waals surface area contributed by atoms with Crippen LogP contribution in [0.15, 0.2) is 11.6 Å². The maximum atomic E-state index is 9.20. The third kappa shape index (κ3) is 6.12. The van der Waals surface area contributed by atoms with Crippen molar-refractivity contribution in [1.82, 2.24) is 0 Å². The standard InChI is InChI=1S/C8H15ClO/c1-2-3-5-8(10)6-4-7-9/h4,7-8,10H,2-3,5-6H2,1H3/b7-4+. The molecule has 0 saturated heterocycles. The van der Waals surface area contributed by atoms with Crippen LogP contribution in [0.4, 0.5) is 0 Å². The number of unbranched alkanes of at least 4 members (excludes halogenated alkanes) is 1. The van der Waals surface area contributed by atoms with Crippen molar-refractivity contribution in [3.63, 3.8) is 0 Å². The van der Waals surface area contributed by atoms with Crippen molar-refractivity contribution < 1.29 is 5.11 Å². The summed E-state index contributed by atoms with van der Waals surface area (Å²) in [5, 5.41) is 9.20. The van der Waals surface area contributed by atoms with Crippen LogP contribution < -0.4 is 0 Å². The predicted octanol–water partition coefficient (Wildman–Crippen LogP) is 2.68. The molecule has 0 fully saturated rings. The lowest BCUT2D eigenvalue weighted by Crippen LogP contribution is -2.03. The van der Waals surface area contributed by atoms with Gasteiger partial charge in [0.2, 0.25) is 0 Å². The van der Waals surface area contributed by atoms with E-state index in [9.17, 15) is 5.11 Å². The van der Waals surface area contributed by atoms with Crippen LogP contribution in [0.5, 0.6) is 0 Å². The SMILES string of the molecule is CCCCC(O)C/C=C/Cl.